The van der Waals surface area contributed by atoms with Crippen LogP contribution in [-0.2, 0) is 0 Å². The number of rotatable bonds is 4. The molecule has 90 valence electrons. The van der Waals surface area contributed by atoms with Gasteiger partial charge in [0, 0.05) is 12.2 Å². The van der Waals surface area contributed by atoms with Gasteiger partial charge in [0.25, 0.3) is 0 Å². The molecule has 0 aliphatic carbocycles. The highest BCUT2D eigenvalue weighted by molar-refractivity contribution is 5.89. The maximum atomic E-state index is 12.7. The maximum absolute atomic E-state index is 12.7. The van der Waals surface area contributed by atoms with Crippen molar-refractivity contribution >= 4 is 11.7 Å². The number of anilines is 1. The summed E-state index contributed by atoms with van der Waals surface area (Å²) >= 11 is 0. The molecule has 17 heavy (non-hydrogen) atoms. The minimum atomic E-state index is -0.356. The van der Waals surface area contributed by atoms with Crippen LogP contribution in [0.15, 0.2) is 24.3 Å². The lowest BCUT2D eigenvalue weighted by Crippen LogP contribution is -2.35. The van der Waals surface area contributed by atoms with Crippen LogP contribution in [0.2, 0.25) is 0 Å². The molecule has 0 heterocycles. The van der Waals surface area contributed by atoms with Gasteiger partial charge in [0.1, 0.15) is 12.4 Å². The molecule has 0 atom stereocenters. The highest BCUT2D eigenvalue weighted by Crippen LogP contribution is 2.09. The predicted octanol–water partition coefficient (Wildman–Crippen LogP) is 2.59. The SMILES string of the molecule is CCCN(CC#N)C(=O)Nc1ccc(F)cc1. The van der Waals surface area contributed by atoms with Crippen molar-refractivity contribution in [2.75, 3.05) is 18.4 Å². The summed E-state index contributed by atoms with van der Waals surface area (Å²) in [6, 6.07) is 7.07. The van der Waals surface area contributed by atoms with E-state index in [-0.39, 0.29) is 18.4 Å². The Morgan fingerprint density at radius 3 is 2.65 bits per heavy atom. The van der Waals surface area contributed by atoms with Gasteiger partial charge in [0.05, 0.1) is 6.07 Å². The van der Waals surface area contributed by atoms with E-state index < -0.39 is 0 Å². The van der Waals surface area contributed by atoms with E-state index in [9.17, 15) is 9.18 Å². The minimum absolute atomic E-state index is 0.0425. The van der Waals surface area contributed by atoms with Crippen molar-refractivity contribution in [3.8, 4) is 6.07 Å². The normalized spacial score (nSPS) is 9.47. The van der Waals surface area contributed by atoms with Crippen molar-refractivity contribution in [2.45, 2.75) is 13.3 Å². The van der Waals surface area contributed by atoms with Gasteiger partial charge in [-0.1, -0.05) is 6.92 Å². The molecule has 0 saturated heterocycles. The van der Waals surface area contributed by atoms with Gasteiger partial charge in [-0.15, -0.1) is 0 Å². The summed E-state index contributed by atoms with van der Waals surface area (Å²) < 4.78 is 12.7. The van der Waals surface area contributed by atoms with Crippen LogP contribution < -0.4 is 5.32 Å². The zero-order valence-electron chi connectivity index (χ0n) is 9.61. The number of nitrogens with one attached hydrogen (secondary N) is 1. The fourth-order valence-corrected chi connectivity index (χ4v) is 1.34. The third kappa shape index (κ3) is 4.11. The van der Waals surface area contributed by atoms with E-state index in [1.165, 1.54) is 29.2 Å². The molecule has 4 nitrogen and oxygen atoms in total. The molecule has 0 saturated carbocycles. The Kier molecular flexibility index (Phi) is 4.95. The molecule has 0 aromatic heterocycles. The molecule has 0 spiro atoms. The number of urea groups is 1. The largest absolute Gasteiger partial charge is 0.322 e. The lowest BCUT2D eigenvalue weighted by atomic mass is 10.3. The number of hydrogen-bond donors (Lipinski definition) is 1. The van der Waals surface area contributed by atoms with Crippen LogP contribution in [0, 0.1) is 17.1 Å². The zero-order valence-corrected chi connectivity index (χ0v) is 9.61. The molecule has 0 fully saturated rings. The second-order valence-electron chi connectivity index (χ2n) is 3.52. The van der Waals surface area contributed by atoms with Crippen LogP contribution in [0.4, 0.5) is 14.9 Å². The minimum Gasteiger partial charge on any atom is -0.311 e. The first-order chi connectivity index (χ1) is 8.17. The van der Waals surface area contributed by atoms with Crippen LogP contribution in [0.5, 0.6) is 0 Å². The van der Waals surface area contributed by atoms with Crippen LogP contribution in [0.3, 0.4) is 0 Å². The topological polar surface area (TPSA) is 56.1 Å². The summed E-state index contributed by atoms with van der Waals surface area (Å²) in [5.74, 6) is -0.356. The summed E-state index contributed by atoms with van der Waals surface area (Å²) in [7, 11) is 0. The van der Waals surface area contributed by atoms with Gasteiger partial charge in [-0.2, -0.15) is 5.26 Å². The predicted molar refractivity (Wildman–Crippen MR) is 62.9 cm³/mol. The zero-order chi connectivity index (χ0) is 12.7. The van der Waals surface area contributed by atoms with Gasteiger partial charge in [-0.25, -0.2) is 9.18 Å². The number of carbonyl (C=O) groups excluding carboxylic acids is 1. The molecule has 0 bridgehead atoms. The van der Waals surface area contributed by atoms with E-state index in [4.69, 9.17) is 5.26 Å². The number of nitriles is 1. The van der Waals surface area contributed by atoms with E-state index in [1.54, 1.807) is 0 Å². The average molecular weight is 235 g/mol. The van der Waals surface area contributed by atoms with Gasteiger partial charge in [0.15, 0.2) is 0 Å². The Hall–Kier alpha value is -2.09. The first-order valence-electron chi connectivity index (χ1n) is 5.35. The smallest absolute Gasteiger partial charge is 0.311 e. The number of hydrogen-bond acceptors (Lipinski definition) is 2. The van der Waals surface area contributed by atoms with Crippen LogP contribution in [0.25, 0.3) is 0 Å². The van der Waals surface area contributed by atoms with Crippen molar-refractivity contribution in [3.05, 3.63) is 30.1 Å². The number of amides is 2. The molecular weight excluding hydrogens is 221 g/mol. The molecule has 5 heteroatoms. The van der Waals surface area contributed by atoms with Gasteiger partial charge < -0.3 is 10.2 Å². The molecule has 1 aromatic rings. The monoisotopic (exact) mass is 235 g/mol. The van der Waals surface area contributed by atoms with Gasteiger partial charge in [-0.3, -0.25) is 0 Å². The molecule has 2 amide bonds. The second-order valence-corrected chi connectivity index (χ2v) is 3.52. The average Bonchev–Trinajstić information content (AvgIpc) is 2.32. The molecular formula is C12H14FN3O. The number of carbonyl (C=O) groups is 1. The first kappa shape index (κ1) is 13.0. The summed E-state index contributed by atoms with van der Waals surface area (Å²) in [4.78, 5) is 13.2. The third-order valence-corrected chi connectivity index (χ3v) is 2.14. The second kappa shape index (κ2) is 6.48. The lowest BCUT2D eigenvalue weighted by Gasteiger charge is -2.19. The van der Waals surface area contributed by atoms with Crippen molar-refractivity contribution < 1.29 is 9.18 Å². The van der Waals surface area contributed by atoms with Crippen LogP contribution >= 0.6 is 0 Å². The van der Waals surface area contributed by atoms with E-state index in [1.807, 2.05) is 13.0 Å². The molecule has 0 aliphatic rings. The molecule has 0 radical (unpaired) electrons. The Morgan fingerprint density at radius 2 is 2.12 bits per heavy atom. The summed E-state index contributed by atoms with van der Waals surface area (Å²) in [6.07, 6.45) is 0.776. The quantitative estimate of drug-likeness (QED) is 0.815. The van der Waals surface area contributed by atoms with Crippen molar-refractivity contribution in [1.82, 2.24) is 4.90 Å². The van der Waals surface area contributed by atoms with E-state index >= 15 is 0 Å². The fourth-order valence-electron chi connectivity index (χ4n) is 1.34. The lowest BCUT2D eigenvalue weighted by molar-refractivity contribution is 0.218. The Bertz CT molecular complexity index is 411. The first-order valence-corrected chi connectivity index (χ1v) is 5.35. The Labute approximate surface area is 99.7 Å². The van der Waals surface area contributed by atoms with Crippen molar-refractivity contribution in [1.29, 1.82) is 5.26 Å². The van der Waals surface area contributed by atoms with Crippen molar-refractivity contribution in [2.24, 2.45) is 0 Å². The number of benzene rings is 1. The van der Waals surface area contributed by atoms with Crippen molar-refractivity contribution in [3.63, 3.8) is 0 Å². The highest BCUT2D eigenvalue weighted by atomic mass is 19.1. The Balaban J connectivity index is 2.63. The van der Waals surface area contributed by atoms with Gasteiger partial charge in [-0.05, 0) is 30.7 Å². The van der Waals surface area contributed by atoms with E-state index in [0.29, 0.717) is 12.2 Å². The highest BCUT2D eigenvalue weighted by Gasteiger charge is 2.11. The molecule has 0 aliphatic heterocycles. The van der Waals surface area contributed by atoms with E-state index in [2.05, 4.69) is 5.32 Å². The number of nitrogens with zero attached hydrogens (tertiary/aromatic N) is 2. The standard InChI is InChI=1S/C12H14FN3O/c1-2-8-16(9-7-14)12(17)15-11-5-3-10(13)4-6-11/h3-6H,2,8-9H2,1H3,(H,15,17). The van der Waals surface area contributed by atoms with Crippen LogP contribution in [0.1, 0.15) is 13.3 Å². The summed E-state index contributed by atoms with van der Waals surface area (Å²) in [5.41, 5.74) is 0.510. The third-order valence-electron chi connectivity index (χ3n) is 2.14. The molecule has 0 unspecified atom stereocenters. The summed E-state index contributed by atoms with van der Waals surface area (Å²) in [6.45, 7) is 2.48. The van der Waals surface area contributed by atoms with Gasteiger partial charge in [0.2, 0.25) is 0 Å². The molecule has 1 rings (SSSR count). The van der Waals surface area contributed by atoms with Gasteiger partial charge >= 0.3 is 6.03 Å². The number of halogens is 1. The Morgan fingerprint density at radius 1 is 1.47 bits per heavy atom. The fraction of sp³-hybridized carbons (Fsp3) is 0.333. The van der Waals surface area contributed by atoms with Crippen LogP contribution in [-0.4, -0.2) is 24.0 Å². The summed E-state index contributed by atoms with van der Waals surface area (Å²) in [5, 5.41) is 11.2. The van der Waals surface area contributed by atoms with E-state index in [0.717, 1.165) is 6.42 Å². The molecule has 1 aromatic carbocycles. The molecule has 1 N–H and O–H groups in total. The maximum Gasteiger partial charge on any atom is 0.322 e.